The zero-order valence-electron chi connectivity index (χ0n) is 6.46. The van der Waals surface area contributed by atoms with Crippen molar-refractivity contribution >= 4 is 0 Å². The fourth-order valence-corrected chi connectivity index (χ4v) is 0.741. The Balaban J connectivity index is 3.68. The van der Waals surface area contributed by atoms with Crippen molar-refractivity contribution < 1.29 is 5.11 Å². The maximum atomic E-state index is 8.78. The van der Waals surface area contributed by atoms with Crippen LogP contribution in [0.5, 0.6) is 0 Å². The summed E-state index contributed by atoms with van der Waals surface area (Å²) in [6.45, 7) is 6.47. The van der Waals surface area contributed by atoms with Crippen molar-refractivity contribution in [3.63, 3.8) is 0 Å². The largest absolute Gasteiger partial charge is 0.396 e. The third-order valence-electron chi connectivity index (χ3n) is 1.51. The third kappa shape index (κ3) is 3.31. The van der Waals surface area contributed by atoms with E-state index < -0.39 is 0 Å². The summed E-state index contributed by atoms with van der Waals surface area (Å²) in [5, 5.41) is 8.78. The van der Waals surface area contributed by atoms with Gasteiger partial charge in [0.15, 0.2) is 0 Å². The Hall–Kier alpha value is -0.300. The van der Waals surface area contributed by atoms with Gasteiger partial charge in [-0.2, -0.15) is 0 Å². The van der Waals surface area contributed by atoms with Crippen LogP contribution in [0.1, 0.15) is 20.8 Å². The molecule has 0 heterocycles. The summed E-state index contributed by atoms with van der Waals surface area (Å²) in [4.78, 5) is 0. The van der Waals surface area contributed by atoms with Crippen molar-refractivity contribution in [1.29, 1.82) is 0 Å². The fraction of sp³-hybridized carbons (Fsp3) is 0.750. The first-order valence-electron chi connectivity index (χ1n) is 3.46. The molecule has 0 aliphatic carbocycles. The SMILES string of the molecule is C/C=C\C(CO)C(C)C. The molecule has 0 radical (unpaired) electrons. The van der Waals surface area contributed by atoms with E-state index in [4.69, 9.17) is 5.11 Å². The van der Waals surface area contributed by atoms with E-state index in [1.54, 1.807) is 0 Å². The maximum Gasteiger partial charge on any atom is 0.0496 e. The van der Waals surface area contributed by atoms with Crippen molar-refractivity contribution in [2.45, 2.75) is 20.8 Å². The Morgan fingerprint density at radius 1 is 1.44 bits per heavy atom. The van der Waals surface area contributed by atoms with Crippen LogP contribution in [0.15, 0.2) is 12.2 Å². The predicted molar refractivity (Wildman–Crippen MR) is 40.2 cm³/mol. The van der Waals surface area contributed by atoms with Crippen LogP contribution in [0, 0.1) is 11.8 Å². The summed E-state index contributed by atoms with van der Waals surface area (Å²) in [7, 11) is 0. The fourth-order valence-electron chi connectivity index (χ4n) is 0.741. The van der Waals surface area contributed by atoms with Gasteiger partial charge in [-0.25, -0.2) is 0 Å². The van der Waals surface area contributed by atoms with E-state index in [9.17, 15) is 0 Å². The van der Waals surface area contributed by atoms with Gasteiger partial charge in [-0.1, -0.05) is 26.0 Å². The lowest BCUT2D eigenvalue weighted by Crippen LogP contribution is -2.09. The normalized spacial score (nSPS) is 15.2. The summed E-state index contributed by atoms with van der Waals surface area (Å²) in [5.41, 5.74) is 0. The molecule has 0 saturated carbocycles. The van der Waals surface area contributed by atoms with E-state index >= 15 is 0 Å². The minimum Gasteiger partial charge on any atom is -0.396 e. The molecule has 0 aromatic heterocycles. The van der Waals surface area contributed by atoms with Crippen LogP contribution >= 0.6 is 0 Å². The predicted octanol–water partition coefficient (Wildman–Crippen LogP) is 1.83. The average molecular weight is 128 g/mol. The minimum atomic E-state index is 0.266. The number of allylic oxidation sites excluding steroid dienone is 1. The summed E-state index contributed by atoms with van der Waals surface area (Å²) >= 11 is 0. The second-order valence-corrected chi connectivity index (χ2v) is 2.62. The summed E-state index contributed by atoms with van der Waals surface area (Å²) in [5.74, 6) is 0.890. The Bertz CT molecular complexity index is 84.6. The summed E-state index contributed by atoms with van der Waals surface area (Å²) in [6, 6.07) is 0. The lowest BCUT2D eigenvalue weighted by atomic mass is 9.97. The molecule has 1 heteroatoms. The molecule has 0 aromatic rings. The highest BCUT2D eigenvalue weighted by Gasteiger charge is 2.05. The number of aliphatic hydroxyl groups is 1. The van der Waals surface area contributed by atoms with Crippen LogP contribution in [0.2, 0.25) is 0 Å². The van der Waals surface area contributed by atoms with E-state index in [1.165, 1.54) is 0 Å². The Labute approximate surface area is 57.4 Å². The Morgan fingerprint density at radius 2 is 2.00 bits per heavy atom. The molecule has 1 N–H and O–H groups in total. The minimum absolute atomic E-state index is 0.266. The molecular formula is C8H16O. The van der Waals surface area contributed by atoms with Crippen LogP contribution in [0.25, 0.3) is 0 Å². The van der Waals surface area contributed by atoms with E-state index in [0.29, 0.717) is 11.8 Å². The first-order valence-corrected chi connectivity index (χ1v) is 3.46. The zero-order valence-corrected chi connectivity index (χ0v) is 6.46. The van der Waals surface area contributed by atoms with Gasteiger partial charge < -0.3 is 5.11 Å². The molecule has 9 heavy (non-hydrogen) atoms. The van der Waals surface area contributed by atoms with Gasteiger partial charge in [0, 0.05) is 12.5 Å². The first-order chi connectivity index (χ1) is 4.22. The molecule has 0 spiro atoms. The van der Waals surface area contributed by atoms with Crippen LogP contribution in [-0.2, 0) is 0 Å². The quantitative estimate of drug-likeness (QED) is 0.575. The molecule has 0 fully saturated rings. The molecule has 54 valence electrons. The van der Waals surface area contributed by atoms with Gasteiger partial charge in [0.25, 0.3) is 0 Å². The molecule has 0 amide bonds. The van der Waals surface area contributed by atoms with Gasteiger partial charge in [-0.15, -0.1) is 0 Å². The smallest absolute Gasteiger partial charge is 0.0496 e. The lowest BCUT2D eigenvalue weighted by molar-refractivity contribution is 0.221. The Morgan fingerprint density at radius 3 is 2.11 bits per heavy atom. The van der Waals surface area contributed by atoms with E-state index in [0.717, 1.165) is 0 Å². The molecular weight excluding hydrogens is 112 g/mol. The van der Waals surface area contributed by atoms with Crippen LogP contribution in [0.3, 0.4) is 0 Å². The lowest BCUT2D eigenvalue weighted by Gasteiger charge is -2.12. The van der Waals surface area contributed by atoms with Gasteiger partial charge in [0.05, 0.1) is 0 Å². The molecule has 0 bridgehead atoms. The van der Waals surface area contributed by atoms with Crippen molar-refractivity contribution in [1.82, 2.24) is 0 Å². The topological polar surface area (TPSA) is 20.2 Å². The molecule has 1 atom stereocenters. The molecule has 0 saturated heterocycles. The maximum absolute atomic E-state index is 8.78. The second-order valence-electron chi connectivity index (χ2n) is 2.62. The van der Waals surface area contributed by atoms with Gasteiger partial charge in [-0.3, -0.25) is 0 Å². The highest BCUT2D eigenvalue weighted by molar-refractivity contribution is 4.86. The van der Waals surface area contributed by atoms with Crippen molar-refractivity contribution in [3.8, 4) is 0 Å². The van der Waals surface area contributed by atoms with Crippen molar-refractivity contribution in [2.75, 3.05) is 6.61 Å². The average Bonchev–Trinajstić information content (AvgIpc) is 1.82. The zero-order chi connectivity index (χ0) is 7.28. The molecule has 0 aromatic carbocycles. The molecule has 0 rings (SSSR count). The Kier molecular flexibility index (Phi) is 4.41. The third-order valence-corrected chi connectivity index (χ3v) is 1.51. The van der Waals surface area contributed by atoms with Crippen molar-refractivity contribution in [3.05, 3.63) is 12.2 Å². The van der Waals surface area contributed by atoms with Gasteiger partial charge in [-0.05, 0) is 12.8 Å². The van der Waals surface area contributed by atoms with Gasteiger partial charge >= 0.3 is 0 Å². The summed E-state index contributed by atoms with van der Waals surface area (Å²) < 4.78 is 0. The molecule has 0 aliphatic heterocycles. The number of hydrogen-bond donors (Lipinski definition) is 1. The van der Waals surface area contributed by atoms with Crippen LogP contribution < -0.4 is 0 Å². The monoisotopic (exact) mass is 128 g/mol. The van der Waals surface area contributed by atoms with E-state index in [1.807, 2.05) is 19.1 Å². The first kappa shape index (κ1) is 8.70. The van der Waals surface area contributed by atoms with Crippen LogP contribution in [-0.4, -0.2) is 11.7 Å². The van der Waals surface area contributed by atoms with Gasteiger partial charge in [0.1, 0.15) is 0 Å². The summed E-state index contributed by atoms with van der Waals surface area (Å²) in [6.07, 6.45) is 4.03. The molecule has 0 aliphatic rings. The molecule has 1 unspecified atom stereocenters. The highest BCUT2D eigenvalue weighted by atomic mass is 16.3. The number of hydrogen-bond acceptors (Lipinski definition) is 1. The van der Waals surface area contributed by atoms with E-state index in [2.05, 4.69) is 13.8 Å². The second kappa shape index (κ2) is 4.57. The number of rotatable bonds is 3. The highest BCUT2D eigenvalue weighted by Crippen LogP contribution is 2.10. The van der Waals surface area contributed by atoms with Crippen LogP contribution in [0.4, 0.5) is 0 Å². The van der Waals surface area contributed by atoms with Crippen molar-refractivity contribution in [2.24, 2.45) is 11.8 Å². The van der Waals surface area contributed by atoms with E-state index in [-0.39, 0.29) is 6.61 Å². The molecule has 1 nitrogen and oxygen atoms in total. The number of aliphatic hydroxyl groups excluding tert-OH is 1. The van der Waals surface area contributed by atoms with Gasteiger partial charge in [0.2, 0.25) is 0 Å². The standard InChI is InChI=1S/C8H16O/c1-4-5-8(6-9)7(2)3/h4-5,7-9H,6H2,1-3H3/b5-4-.